The minimum Gasteiger partial charge on any atom is -0.325 e. The molecule has 7 heteroatoms. The number of amides is 3. The zero-order chi connectivity index (χ0) is 18.8. The van der Waals surface area contributed by atoms with Crippen LogP contribution in [0.15, 0.2) is 40.9 Å². The van der Waals surface area contributed by atoms with Gasteiger partial charge in [0.15, 0.2) is 0 Å². The maximum atomic E-state index is 12.7. The van der Waals surface area contributed by atoms with E-state index in [0.29, 0.717) is 23.5 Å². The van der Waals surface area contributed by atoms with Gasteiger partial charge in [-0.25, -0.2) is 0 Å². The average Bonchev–Trinajstić information content (AvgIpc) is 3.00. The second-order valence-corrected chi connectivity index (χ2v) is 7.01. The number of halogens is 1. The van der Waals surface area contributed by atoms with Crippen molar-refractivity contribution in [3.8, 4) is 0 Å². The molecule has 0 spiro atoms. The maximum absolute atomic E-state index is 12.7. The van der Waals surface area contributed by atoms with Gasteiger partial charge in [0, 0.05) is 36.1 Å². The van der Waals surface area contributed by atoms with Crippen molar-refractivity contribution < 1.29 is 14.4 Å². The molecule has 0 aliphatic carbocycles. The maximum Gasteiger partial charge on any atom is 0.255 e. The topological polar surface area (TPSA) is 78.5 Å². The van der Waals surface area contributed by atoms with Crippen LogP contribution in [0.2, 0.25) is 0 Å². The summed E-state index contributed by atoms with van der Waals surface area (Å²) in [6.45, 7) is 3.58. The van der Waals surface area contributed by atoms with E-state index in [-0.39, 0.29) is 17.7 Å². The predicted octanol–water partition coefficient (Wildman–Crippen LogP) is 3.57. The normalized spacial score (nSPS) is 12.5. The van der Waals surface area contributed by atoms with E-state index in [1.165, 1.54) is 13.8 Å². The molecule has 0 aromatic heterocycles. The summed E-state index contributed by atoms with van der Waals surface area (Å²) in [5.74, 6) is -0.501. The molecule has 1 aliphatic heterocycles. The fraction of sp³-hybridized carbons (Fsp3) is 0.211. The summed E-state index contributed by atoms with van der Waals surface area (Å²) in [6.07, 6.45) is 0.726. The smallest absolute Gasteiger partial charge is 0.255 e. The van der Waals surface area contributed by atoms with Crippen molar-refractivity contribution >= 4 is 50.7 Å². The highest BCUT2D eigenvalue weighted by molar-refractivity contribution is 9.10. The van der Waals surface area contributed by atoms with Crippen molar-refractivity contribution in [3.63, 3.8) is 0 Å². The Labute approximate surface area is 159 Å². The third-order valence-electron chi connectivity index (χ3n) is 4.16. The van der Waals surface area contributed by atoms with Gasteiger partial charge in [-0.3, -0.25) is 14.4 Å². The number of carbonyl (C=O) groups excluding carboxylic acids is 3. The first-order chi connectivity index (χ1) is 12.3. The number of rotatable bonds is 3. The van der Waals surface area contributed by atoms with E-state index in [1.807, 2.05) is 6.07 Å². The lowest BCUT2D eigenvalue weighted by Gasteiger charge is -2.15. The Kier molecular flexibility index (Phi) is 5.08. The molecule has 0 fully saturated rings. The monoisotopic (exact) mass is 415 g/mol. The molecule has 134 valence electrons. The van der Waals surface area contributed by atoms with Crippen molar-refractivity contribution in [2.24, 2.45) is 0 Å². The molecule has 0 bridgehead atoms. The van der Waals surface area contributed by atoms with E-state index >= 15 is 0 Å². The number of nitrogens with one attached hydrogen (secondary N) is 2. The Hall–Kier alpha value is -2.67. The number of anilines is 3. The lowest BCUT2D eigenvalue weighted by atomic mass is 10.1. The van der Waals surface area contributed by atoms with Gasteiger partial charge in [-0.1, -0.05) is 15.9 Å². The summed E-state index contributed by atoms with van der Waals surface area (Å²) < 4.78 is 0.785. The van der Waals surface area contributed by atoms with Crippen molar-refractivity contribution in [2.45, 2.75) is 20.3 Å². The second kappa shape index (κ2) is 7.29. The Morgan fingerprint density at radius 1 is 1.00 bits per heavy atom. The van der Waals surface area contributed by atoms with Crippen molar-refractivity contribution in [1.82, 2.24) is 0 Å². The van der Waals surface area contributed by atoms with Gasteiger partial charge in [0.1, 0.15) is 0 Å². The van der Waals surface area contributed by atoms with E-state index in [0.717, 1.165) is 22.1 Å². The Balaban J connectivity index is 1.85. The largest absolute Gasteiger partial charge is 0.325 e. The number of nitrogens with zero attached hydrogens (tertiary/aromatic N) is 1. The van der Waals surface area contributed by atoms with Gasteiger partial charge >= 0.3 is 0 Å². The fourth-order valence-electron chi connectivity index (χ4n) is 2.98. The summed E-state index contributed by atoms with van der Waals surface area (Å²) in [5.41, 5.74) is 3.37. The standard InChI is InChI=1S/C19H18BrN3O3/c1-11(24)21-16-5-4-15(20)10-17(16)22-19(26)14-3-6-18-13(9-14)7-8-23(18)12(2)25/h3-6,9-10H,7-8H2,1-2H3,(H,21,24)(H,22,26). The highest BCUT2D eigenvalue weighted by atomic mass is 79.9. The average molecular weight is 416 g/mol. The molecular formula is C19H18BrN3O3. The van der Waals surface area contributed by atoms with Crippen LogP contribution in [0.1, 0.15) is 29.8 Å². The minimum absolute atomic E-state index is 0.00460. The SMILES string of the molecule is CC(=O)Nc1ccc(Br)cc1NC(=O)c1ccc2c(c1)CCN2C(C)=O. The molecule has 0 saturated heterocycles. The van der Waals surface area contributed by atoms with Crippen LogP contribution in [-0.4, -0.2) is 24.3 Å². The number of benzene rings is 2. The molecule has 2 aromatic rings. The van der Waals surface area contributed by atoms with Crippen molar-refractivity contribution in [2.75, 3.05) is 22.1 Å². The quantitative estimate of drug-likeness (QED) is 0.803. The van der Waals surface area contributed by atoms with Gasteiger partial charge < -0.3 is 15.5 Å². The lowest BCUT2D eigenvalue weighted by Crippen LogP contribution is -2.25. The zero-order valence-electron chi connectivity index (χ0n) is 14.4. The lowest BCUT2D eigenvalue weighted by molar-refractivity contribution is -0.116. The molecular weight excluding hydrogens is 398 g/mol. The van der Waals surface area contributed by atoms with Gasteiger partial charge in [-0.05, 0) is 48.4 Å². The van der Waals surface area contributed by atoms with Crippen molar-refractivity contribution in [3.05, 3.63) is 52.0 Å². The summed E-state index contributed by atoms with van der Waals surface area (Å²) in [7, 11) is 0. The van der Waals surface area contributed by atoms with Gasteiger partial charge in [0.2, 0.25) is 11.8 Å². The van der Waals surface area contributed by atoms with Crippen LogP contribution in [0.5, 0.6) is 0 Å². The number of fused-ring (bicyclic) bond motifs is 1. The molecule has 6 nitrogen and oxygen atoms in total. The zero-order valence-corrected chi connectivity index (χ0v) is 16.0. The van der Waals surface area contributed by atoms with Crippen molar-refractivity contribution in [1.29, 1.82) is 0 Å². The van der Waals surface area contributed by atoms with Crippen LogP contribution in [-0.2, 0) is 16.0 Å². The van der Waals surface area contributed by atoms with E-state index in [2.05, 4.69) is 26.6 Å². The number of hydrogen-bond donors (Lipinski definition) is 2. The molecule has 0 unspecified atom stereocenters. The molecule has 3 amide bonds. The first kappa shape index (κ1) is 18.1. The Bertz CT molecular complexity index is 911. The molecule has 1 heterocycles. The van der Waals surface area contributed by atoms with E-state index in [9.17, 15) is 14.4 Å². The van der Waals surface area contributed by atoms with Crippen LogP contribution in [0.4, 0.5) is 17.1 Å². The predicted molar refractivity (Wildman–Crippen MR) is 105 cm³/mol. The van der Waals surface area contributed by atoms with E-state index in [1.54, 1.807) is 35.2 Å². The summed E-state index contributed by atoms with van der Waals surface area (Å²) >= 11 is 3.37. The molecule has 0 atom stereocenters. The molecule has 3 rings (SSSR count). The van der Waals surface area contributed by atoms with Gasteiger partial charge in [0.05, 0.1) is 11.4 Å². The fourth-order valence-corrected chi connectivity index (χ4v) is 3.34. The Morgan fingerprint density at radius 3 is 2.46 bits per heavy atom. The van der Waals surface area contributed by atoms with E-state index in [4.69, 9.17) is 0 Å². The Morgan fingerprint density at radius 2 is 1.77 bits per heavy atom. The molecule has 0 saturated carbocycles. The molecule has 2 N–H and O–H groups in total. The van der Waals surface area contributed by atoms with Gasteiger partial charge in [0.25, 0.3) is 5.91 Å². The first-order valence-electron chi connectivity index (χ1n) is 8.14. The van der Waals surface area contributed by atoms with Crippen LogP contribution in [0, 0.1) is 0 Å². The molecule has 2 aromatic carbocycles. The second-order valence-electron chi connectivity index (χ2n) is 6.09. The van der Waals surface area contributed by atoms with Crippen LogP contribution in [0.3, 0.4) is 0 Å². The molecule has 0 radical (unpaired) electrons. The highest BCUT2D eigenvalue weighted by Crippen LogP contribution is 2.30. The van der Waals surface area contributed by atoms with Gasteiger partial charge in [-0.2, -0.15) is 0 Å². The first-order valence-corrected chi connectivity index (χ1v) is 8.94. The van der Waals surface area contributed by atoms with Crippen LogP contribution < -0.4 is 15.5 Å². The minimum atomic E-state index is -0.279. The summed E-state index contributed by atoms with van der Waals surface area (Å²) in [5, 5.41) is 5.53. The number of hydrogen-bond acceptors (Lipinski definition) is 3. The van der Waals surface area contributed by atoms with E-state index < -0.39 is 0 Å². The van der Waals surface area contributed by atoms with Gasteiger partial charge in [-0.15, -0.1) is 0 Å². The van der Waals surface area contributed by atoms with Crippen LogP contribution in [0.25, 0.3) is 0 Å². The number of carbonyl (C=O) groups is 3. The molecule has 1 aliphatic rings. The summed E-state index contributed by atoms with van der Waals surface area (Å²) in [6, 6.07) is 10.5. The third kappa shape index (κ3) is 3.77. The summed E-state index contributed by atoms with van der Waals surface area (Å²) in [4.78, 5) is 37.4. The third-order valence-corrected chi connectivity index (χ3v) is 4.65. The molecule has 26 heavy (non-hydrogen) atoms. The van der Waals surface area contributed by atoms with Crippen LogP contribution >= 0.6 is 15.9 Å². The highest BCUT2D eigenvalue weighted by Gasteiger charge is 2.23.